The van der Waals surface area contributed by atoms with Crippen molar-refractivity contribution in [2.24, 2.45) is 0 Å². The molecule has 5 nitrogen and oxygen atoms in total. The highest BCUT2D eigenvalue weighted by Gasteiger charge is 2.35. The first kappa shape index (κ1) is 13.5. The van der Waals surface area contributed by atoms with Crippen LogP contribution in [0, 0.1) is 0 Å². The lowest BCUT2D eigenvalue weighted by atomic mass is 10.1. The van der Waals surface area contributed by atoms with E-state index in [4.69, 9.17) is 9.47 Å². The zero-order valence-corrected chi connectivity index (χ0v) is 11.7. The Morgan fingerprint density at radius 2 is 2.45 bits per heavy atom. The molecule has 0 N–H and O–H groups in total. The van der Waals surface area contributed by atoms with Gasteiger partial charge in [-0.1, -0.05) is 0 Å². The molecule has 0 bridgehead atoms. The van der Waals surface area contributed by atoms with Crippen molar-refractivity contribution in [3.8, 4) is 5.75 Å². The highest BCUT2D eigenvalue weighted by atomic mass is 16.5. The molecule has 2 saturated heterocycles. The second-order valence-corrected chi connectivity index (χ2v) is 5.32. The molecule has 2 aliphatic rings. The maximum atomic E-state index is 12.5. The zero-order valence-electron chi connectivity index (χ0n) is 11.7. The van der Waals surface area contributed by atoms with E-state index in [0.717, 1.165) is 6.54 Å². The third-order valence-corrected chi connectivity index (χ3v) is 3.99. The van der Waals surface area contributed by atoms with Gasteiger partial charge in [0.05, 0.1) is 19.4 Å². The average molecular weight is 276 g/mol. The van der Waals surface area contributed by atoms with E-state index in [2.05, 4.69) is 9.88 Å². The Morgan fingerprint density at radius 1 is 1.55 bits per heavy atom. The lowest BCUT2D eigenvalue weighted by molar-refractivity contribution is -0.0344. The molecule has 0 amide bonds. The van der Waals surface area contributed by atoms with Crippen LogP contribution in [0.15, 0.2) is 18.5 Å². The summed E-state index contributed by atoms with van der Waals surface area (Å²) in [7, 11) is 0. The van der Waals surface area contributed by atoms with Crippen LogP contribution in [0.4, 0.5) is 0 Å². The van der Waals surface area contributed by atoms with Crippen molar-refractivity contribution in [3.05, 3.63) is 24.0 Å². The lowest BCUT2D eigenvalue weighted by Crippen LogP contribution is -2.49. The van der Waals surface area contributed by atoms with E-state index in [0.29, 0.717) is 37.1 Å². The molecule has 0 saturated carbocycles. The molecule has 0 radical (unpaired) electrons. The number of carbonyl (C=O) groups is 1. The fourth-order valence-electron chi connectivity index (χ4n) is 2.96. The van der Waals surface area contributed by atoms with Gasteiger partial charge in [0.1, 0.15) is 11.9 Å². The van der Waals surface area contributed by atoms with Gasteiger partial charge in [-0.15, -0.1) is 0 Å². The maximum absolute atomic E-state index is 12.5. The molecule has 2 atom stereocenters. The summed E-state index contributed by atoms with van der Waals surface area (Å²) in [4.78, 5) is 18.9. The Morgan fingerprint density at radius 3 is 3.30 bits per heavy atom. The van der Waals surface area contributed by atoms with Gasteiger partial charge in [0.15, 0.2) is 5.78 Å². The van der Waals surface area contributed by atoms with Crippen molar-refractivity contribution in [3.63, 3.8) is 0 Å². The second-order valence-electron chi connectivity index (χ2n) is 5.32. The summed E-state index contributed by atoms with van der Waals surface area (Å²) in [6.07, 6.45) is 5.23. The molecule has 2 aliphatic heterocycles. The molecule has 3 heterocycles. The summed E-state index contributed by atoms with van der Waals surface area (Å²) in [5.74, 6) is 0.637. The summed E-state index contributed by atoms with van der Waals surface area (Å²) in [5.41, 5.74) is 0.568. The molecule has 20 heavy (non-hydrogen) atoms. The Labute approximate surface area is 118 Å². The van der Waals surface area contributed by atoms with Crippen LogP contribution >= 0.6 is 0 Å². The SMILES string of the molecule is CCOc1cncc(C(=O)C2CN3CCCC3CO2)c1. The monoisotopic (exact) mass is 276 g/mol. The molecule has 0 spiro atoms. The minimum Gasteiger partial charge on any atom is -0.492 e. The minimum absolute atomic E-state index is 0.00408. The van der Waals surface area contributed by atoms with Crippen LogP contribution < -0.4 is 4.74 Å². The molecule has 2 fully saturated rings. The molecule has 3 rings (SSSR count). The lowest BCUT2D eigenvalue weighted by Gasteiger charge is -2.34. The zero-order chi connectivity index (χ0) is 13.9. The van der Waals surface area contributed by atoms with Crippen molar-refractivity contribution < 1.29 is 14.3 Å². The number of hydrogen-bond donors (Lipinski definition) is 0. The van der Waals surface area contributed by atoms with Gasteiger partial charge in [0.2, 0.25) is 0 Å². The molecule has 0 aromatic carbocycles. The summed E-state index contributed by atoms with van der Waals surface area (Å²) in [5, 5.41) is 0. The number of fused-ring (bicyclic) bond motifs is 1. The number of ether oxygens (including phenoxy) is 2. The fraction of sp³-hybridized carbons (Fsp3) is 0.600. The summed E-state index contributed by atoms with van der Waals surface area (Å²) < 4.78 is 11.1. The Balaban J connectivity index is 1.70. The number of Topliss-reactive ketones (excluding diaryl/α,β-unsaturated/α-hetero) is 1. The highest BCUT2D eigenvalue weighted by Crippen LogP contribution is 2.24. The van der Waals surface area contributed by atoms with Crippen molar-refractivity contribution in [1.29, 1.82) is 0 Å². The van der Waals surface area contributed by atoms with Crippen molar-refractivity contribution in [2.75, 3.05) is 26.3 Å². The largest absolute Gasteiger partial charge is 0.492 e. The molecule has 1 aromatic rings. The van der Waals surface area contributed by atoms with Gasteiger partial charge in [0, 0.05) is 24.3 Å². The van der Waals surface area contributed by atoms with Crippen LogP contribution in [-0.2, 0) is 4.74 Å². The first-order valence-corrected chi connectivity index (χ1v) is 7.25. The third-order valence-electron chi connectivity index (χ3n) is 3.99. The first-order valence-electron chi connectivity index (χ1n) is 7.25. The van der Waals surface area contributed by atoms with Crippen molar-refractivity contribution >= 4 is 5.78 Å². The number of carbonyl (C=O) groups excluding carboxylic acids is 1. The fourth-order valence-corrected chi connectivity index (χ4v) is 2.96. The van der Waals surface area contributed by atoms with E-state index in [1.54, 1.807) is 18.5 Å². The predicted molar refractivity (Wildman–Crippen MR) is 74.1 cm³/mol. The maximum Gasteiger partial charge on any atom is 0.194 e. The molecule has 2 unspecified atom stereocenters. The second kappa shape index (κ2) is 5.89. The van der Waals surface area contributed by atoms with Crippen LogP contribution in [0.3, 0.4) is 0 Å². The minimum atomic E-state index is -0.372. The predicted octanol–water partition coefficient (Wildman–Crippen LogP) is 1.53. The van der Waals surface area contributed by atoms with E-state index in [9.17, 15) is 4.79 Å². The number of aromatic nitrogens is 1. The number of pyridine rings is 1. The summed E-state index contributed by atoms with van der Waals surface area (Å²) in [6, 6.07) is 2.25. The van der Waals surface area contributed by atoms with Crippen LogP contribution in [-0.4, -0.2) is 54.1 Å². The Hall–Kier alpha value is -1.46. The van der Waals surface area contributed by atoms with Crippen LogP contribution in [0.25, 0.3) is 0 Å². The van der Waals surface area contributed by atoms with Crippen molar-refractivity contribution in [2.45, 2.75) is 31.9 Å². The average Bonchev–Trinajstić information content (AvgIpc) is 2.94. The Kier molecular flexibility index (Phi) is 3.98. The van der Waals surface area contributed by atoms with Crippen LogP contribution in [0.5, 0.6) is 5.75 Å². The molecule has 5 heteroatoms. The molecule has 108 valence electrons. The van der Waals surface area contributed by atoms with Crippen molar-refractivity contribution in [1.82, 2.24) is 9.88 Å². The van der Waals surface area contributed by atoms with Gasteiger partial charge in [-0.2, -0.15) is 0 Å². The van der Waals surface area contributed by atoms with Gasteiger partial charge in [-0.05, 0) is 32.4 Å². The van der Waals surface area contributed by atoms with Gasteiger partial charge < -0.3 is 9.47 Å². The third kappa shape index (κ3) is 2.69. The van der Waals surface area contributed by atoms with E-state index < -0.39 is 0 Å². The molecular formula is C15H20N2O3. The number of hydrogen-bond acceptors (Lipinski definition) is 5. The van der Waals surface area contributed by atoms with E-state index in [1.807, 2.05) is 6.92 Å². The van der Waals surface area contributed by atoms with Gasteiger partial charge in [-0.3, -0.25) is 14.7 Å². The summed E-state index contributed by atoms with van der Waals surface area (Å²) >= 11 is 0. The summed E-state index contributed by atoms with van der Waals surface area (Å²) in [6.45, 7) is 4.91. The number of nitrogens with zero attached hydrogens (tertiary/aromatic N) is 2. The van der Waals surface area contributed by atoms with Crippen LogP contribution in [0.1, 0.15) is 30.1 Å². The highest BCUT2D eigenvalue weighted by molar-refractivity contribution is 5.99. The normalized spacial score (nSPS) is 26.2. The van der Waals surface area contributed by atoms with E-state index in [-0.39, 0.29) is 11.9 Å². The van der Waals surface area contributed by atoms with Gasteiger partial charge >= 0.3 is 0 Å². The first-order chi connectivity index (χ1) is 9.78. The molecular weight excluding hydrogens is 256 g/mol. The molecule has 0 aliphatic carbocycles. The number of morpholine rings is 1. The number of rotatable bonds is 4. The number of ketones is 1. The van der Waals surface area contributed by atoms with Gasteiger partial charge in [0.25, 0.3) is 0 Å². The van der Waals surface area contributed by atoms with Crippen LogP contribution in [0.2, 0.25) is 0 Å². The Bertz CT molecular complexity index is 492. The molecule has 1 aromatic heterocycles. The standard InChI is InChI=1S/C15H20N2O3/c1-2-19-13-6-11(7-16-8-13)15(18)14-9-17-5-3-4-12(17)10-20-14/h6-8,12,14H,2-5,9-10H2,1H3. The quantitative estimate of drug-likeness (QED) is 0.781. The topological polar surface area (TPSA) is 51.7 Å². The van der Waals surface area contributed by atoms with E-state index in [1.165, 1.54) is 12.8 Å². The smallest absolute Gasteiger partial charge is 0.194 e. The van der Waals surface area contributed by atoms with E-state index >= 15 is 0 Å². The van der Waals surface area contributed by atoms with Gasteiger partial charge in [-0.25, -0.2) is 0 Å².